The molecule has 7 heteroatoms. The van der Waals surface area contributed by atoms with Gasteiger partial charge in [-0.2, -0.15) is 0 Å². The van der Waals surface area contributed by atoms with E-state index in [1.54, 1.807) is 0 Å². The minimum absolute atomic E-state index is 0.0629. The van der Waals surface area contributed by atoms with Crippen LogP contribution in [0.3, 0.4) is 0 Å². The zero-order chi connectivity index (χ0) is 17.5. The lowest BCUT2D eigenvalue weighted by Gasteiger charge is -2.31. The number of nitrogens with zero attached hydrogens (tertiary/aromatic N) is 1. The van der Waals surface area contributed by atoms with Crippen LogP contribution in [0.4, 0.5) is 0 Å². The number of likely N-dealkylation sites (tertiary alicyclic amines) is 1. The van der Waals surface area contributed by atoms with Crippen molar-refractivity contribution in [2.24, 2.45) is 17.6 Å². The summed E-state index contributed by atoms with van der Waals surface area (Å²) in [4.78, 5) is 37.1. The van der Waals surface area contributed by atoms with Crippen molar-refractivity contribution in [3.63, 3.8) is 0 Å². The molecule has 24 heavy (non-hydrogen) atoms. The second-order valence-corrected chi connectivity index (χ2v) is 7.10. The van der Waals surface area contributed by atoms with E-state index in [9.17, 15) is 14.4 Å². The molecule has 2 fully saturated rings. The van der Waals surface area contributed by atoms with Gasteiger partial charge in [0.2, 0.25) is 5.91 Å². The molecule has 1 aliphatic carbocycles. The van der Waals surface area contributed by atoms with Crippen LogP contribution < -0.4 is 16.4 Å². The third-order valence-electron chi connectivity index (χ3n) is 5.27. The fraction of sp³-hybridized carbons (Fsp3) is 0.824. The first kappa shape index (κ1) is 18.7. The first-order valence-corrected chi connectivity index (χ1v) is 9.07. The van der Waals surface area contributed by atoms with Crippen molar-refractivity contribution in [1.29, 1.82) is 0 Å². The van der Waals surface area contributed by atoms with Gasteiger partial charge in [0.25, 0.3) is 0 Å². The predicted octanol–water partition coefficient (Wildman–Crippen LogP) is -0.00520. The van der Waals surface area contributed by atoms with Crippen molar-refractivity contribution in [2.75, 3.05) is 26.2 Å². The van der Waals surface area contributed by atoms with Gasteiger partial charge in [-0.05, 0) is 58.0 Å². The first-order chi connectivity index (χ1) is 11.5. The maximum absolute atomic E-state index is 11.8. The van der Waals surface area contributed by atoms with E-state index < -0.39 is 11.8 Å². The Morgan fingerprint density at radius 2 is 1.92 bits per heavy atom. The van der Waals surface area contributed by atoms with Gasteiger partial charge in [-0.3, -0.25) is 14.4 Å². The van der Waals surface area contributed by atoms with Gasteiger partial charge in [-0.15, -0.1) is 0 Å². The van der Waals surface area contributed by atoms with Gasteiger partial charge in [-0.25, -0.2) is 0 Å². The number of piperidine rings is 1. The van der Waals surface area contributed by atoms with Gasteiger partial charge in [0, 0.05) is 19.1 Å². The Morgan fingerprint density at radius 3 is 2.54 bits per heavy atom. The zero-order valence-corrected chi connectivity index (χ0v) is 14.6. The highest BCUT2D eigenvalue weighted by Gasteiger charge is 2.27. The van der Waals surface area contributed by atoms with E-state index >= 15 is 0 Å². The van der Waals surface area contributed by atoms with E-state index in [1.807, 2.05) is 6.92 Å². The van der Waals surface area contributed by atoms with Crippen molar-refractivity contribution in [3.05, 3.63) is 0 Å². The maximum atomic E-state index is 11.8. The lowest BCUT2D eigenvalue weighted by Crippen LogP contribution is -2.47. The minimum atomic E-state index is -0.560. The van der Waals surface area contributed by atoms with E-state index in [4.69, 9.17) is 5.73 Å². The van der Waals surface area contributed by atoms with Crippen LogP contribution in [0, 0.1) is 11.8 Å². The molecule has 1 heterocycles. The molecule has 2 rings (SSSR count). The zero-order valence-electron chi connectivity index (χ0n) is 14.6. The summed E-state index contributed by atoms with van der Waals surface area (Å²) in [5.41, 5.74) is 5.37. The van der Waals surface area contributed by atoms with E-state index in [-0.39, 0.29) is 17.9 Å². The third kappa shape index (κ3) is 5.47. The molecule has 0 aromatic heterocycles. The molecule has 0 radical (unpaired) electrons. The molecule has 4 N–H and O–H groups in total. The Labute approximate surface area is 143 Å². The van der Waals surface area contributed by atoms with Crippen LogP contribution in [0.15, 0.2) is 0 Å². The van der Waals surface area contributed by atoms with E-state index in [2.05, 4.69) is 15.5 Å². The quantitative estimate of drug-likeness (QED) is 0.449. The lowest BCUT2D eigenvalue weighted by atomic mass is 9.80. The summed E-state index contributed by atoms with van der Waals surface area (Å²) < 4.78 is 0. The highest BCUT2D eigenvalue weighted by atomic mass is 16.2. The fourth-order valence-electron chi connectivity index (χ4n) is 3.41. The second-order valence-electron chi connectivity index (χ2n) is 7.10. The van der Waals surface area contributed by atoms with E-state index in [1.165, 1.54) is 6.42 Å². The Balaban J connectivity index is 1.58. The molecule has 2 atom stereocenters. The summed E-state index contributed by atoms with van der Waals surface area (Å²) in [6.45, 7) is 4.87. The summed E-state index contributed by atoms with van der Waals surface area (Å²) >= 11 is 0. The smallest absolute Gasteiger partial charge is 0.309 e. The fourth-order valence-corrected chi connectivity index (χ4v) is 3.41. The average Bonchev–Trinajstić information content (AvgIpc) is 2.49. The van der Waals surface area contributed by atoms with Gasteiger partial charge in [0.05, 0.1) is 5.92 Å². The first-order valence-electron chi connectivity index (χ1n) is 9.07. The summed E-state index contributed by atoms with van der Waals surface area (Å²) in [6.07, 6.45) is 6.06. The normalized spacial score (nSPS) is 23.1. The van der Waals surface area contributed by atoms with Gasteiger partial charge < -0.3 is 21.3 Å². The van der Waals surface area contributed by atoms with Gasteiger partial charge in [-0.1, -0.05) is 6.42 Å². The number of rotatable bonds is 7. The third-order valence-corrected chi connectivity index (χ3v) is 5.27. The molecule has 3 amide bonds. The molecule has 1 saturated carbocycles. The Kier molecular flexibility index (Phi) is 7.02. The van der Waals surface area contributed by atoms with Gasteiger partial charge in [0.15, 0.2) is 0 Å². The SMILES string of the molecule is C[C@@H](NC(=O)C(=O)NCCCN1CCCC(C(N)=O)C1)C1CCC1. The Morgan fingerprint density at radius 1 is 1.17 bits per heavy atom. The van der Waals surface area contributed by atoms with Crippen LogP contribution in [0.25, 0.3) is 0 Å². The van der Waals surface area contributed by atoms with Crippen molar-refractivity contribution >= 4 is 17.7 Å². The molecular weight excluding hydrogens is 308 g/mol. The number of amides is 3. The number of hydrogen-bond acceptors (Lipinski definition) is 4. The van der Waals surface area contributed by atoms with Crippen LogP contribution in [0.1, 0.15) is 45.4 Å². The molecule has 2 aliphatic rings. The summed E-state index contributed by atoms with van der Waals surface area (Å²) in [7, 11) is 0. The predicted molar refractivity (Wildman–Crippen MR) is 90.9 cm³/mol. The molecule has 136 valence electrons. The van der Waals surface area contributed by atoms with Crippen molar-refractivity contribution in [3.8, 4) is 0 Å². The van der Waals surface area contributed by atoms with Crippen LogP contribution >= 0.6 is 0 Å². The highest BCUT2D eigenvalue weighted by molar-refractivity contribution is 6.35. The second kappa shape index (κ2) is 9.01. The number of carbonyl (C=O) groups excluding carboxylic acids is 3. The molecule has 1 aliphatic heterocycles. The van der Waals surface area contributed by atoms with E-state index in [0.29, 0.717) is 19.0 Å². The van der Waals surface area contributed by atoms with Crippen LogP contribution in [-0.4, -0.2) is 54.8 Å². The van der Waals surface area contributed by atoms with Crippen molar-refractivity contribution in [1.82, 2.24) is 15.5 Å². The Hall–Kier alpha value is -1.63. The van der Waals surface area contributed by atoms with Crippen LogP contribution in [0.5, 0.6) is 0 Å². The molecule has 7 nitrogen and oxygen atoms in total. The van der Waals surface area contributed by atoms with E-state index in [0.717, 1.165) is 45.2 Å². The number of hydrogen-bond donors (Lipinski definition) is 3. The number of primary amides is 1. The molecule has 0 spiro atoms. The molecule has 0 aromatic rings. The minimum Gasteiger partial charge on any atom is -0.369 e. The lowest BCUT2D eigenvalue weighted by molar-refractivity contribution is -0.139. The molecule has 0 bridgehead atoms. The standard InChI is InChI=1S/C17H30N4O3/c1-12(13-5-2-6-13)20-17(24)16(23)19-8-4-10-21-9-3-7-14(11-21)15(18)22/h12-14H,2-11H2,1H3,(H2,18,22)(H,19,23)(H,20,24)/t12-,14?/m1/s1. The van der Waals surface area contributed by atoms with Crippen LogP contribution in [0.2, 0.25) is 0 Å². The molecule has 1 unspecified atom stereocenters. The topological polar surface area (TPSA) is 105 Å². The summed E-state index contributed by atoms with van der Waals surface area (Å²) in [6, 6.07) is 0.0658. The molecular formula is C17H30N4O3. The van der Waals surface area contributed by atoms with Crippen molar-refractivity contribution in [2.45, 2.75) is 51.5 Å². The summed E-state index contributed by atoms with van der Waals surface area (Å²) in [5, 5.41) is 5.44. The monoisotopic (exact) mass is 338 g/mol. The molecule has 1 saturated heterocycles. The number of nitrogens with one attached hydrogen (secondary N) is 2. The summed E-state index contributed by atoms with van der Waals surface area (Å²) in [5.74, 6) is -0.882. The average molecular weight is 338 g/mol. The number of carbonyl (C=O) groups is 3. The van der Waals surface area contributed by atoms with Gasteiger partial charge in [0.1, 0.15) is 0 Å². The van der Waals surface area contributed by atoms with Gasteiger partial charge >= 0.3 is 11.8 Å². The van der Waals surface area contributed by atoms with Crippen LogP contribution in [-0.2, 0) is 14.4 Å². The van der Waals surface area contributed by atoms with Crippen molar-refractivity contribution < 1.29 is 14.4 Å². The number of nitrogens with two attached hydrogens (primary N) is 1. The molecule has 0 aromatic carbocycles. The Bertz CT molecular complexity index is 465. The highest BCUT2D eigenvalue weighted by Crippen LogP contribution is 2.29. The maximum Gasteiger partial charge on any atom is 0.309 e. The largest absolute Gasteiger partial charge is 0.369 e.